The molecule has 0 aliphatic heterocycles. The first-order valence-corrected chi connectivity index (χ1v) is 5.02. The molecular weight excluding hydrogens is 192 g/mol. The zero-order chi connectivity index (χ0) is 11.1. The van der Waals surface area contributed by atoms with E-state index in [1.165, 1.54) is 0 Å². The number of hydrogen-bond donors (Lipinski definition) is 2. The van der Waals surface area contributed by atoms with E-state index in [9.17, 15) is 0 Å². The van der Waals surface area contributed by atoms with Crippen molar-refractivity contribution < 1.29 is 9.47 Å². The molecule has 1 aromatic rings. The van der Waals surface area contributed by atoms with Gasteiger partial charge in [-0.25, -0.2) is 0 Å². The van der Waals surface area contributed by atoms with E-state index in [0.717, 1.165) is 24.6 Å². The monoisotopic (exact) mass is 210 g/mol. The third kappa shape index (κ3) is 4.08. The van der Waals surface area contributed by atoms with Crippen LogP contribution in [0.3, 0.4) is 0 Å². The van der Waals surface area contributed by atoms with Crippen LogP contribution in [-0.2, 0) is 4.74 Å². The predicted octanol–water partition coefficient (Wildman–Crippen LogP) is 1.73. The molecule has 0 aromatic heterocycles. The van der Waals surface area contributed by atoms with Crippen molar-refractivity contribution in [1.82, 2.24) is 0 Å². The molecule has 0 heterocycles. The molecule has 0 radical (unpaired) electrons. The van der Waals surface area contributed by atoms with Gasteiger partial charge in [0.1, 0.15) is 5.75 Å². The third-order valence-corrected chi connectivity index (χ3v) is 1.94. The number of hydrogen-bond acceptors (Lipinski definition) is 4. The van der Waals surface area contributed by atoms with Gasteiger partial charge in [-0.3, -0.25) is 0 Å². The largest absolute Gasteiger partial charge is 0.497 e. The number of rotatable bonds is 6. The Hall–Kier alpha value is -1.42. The molecule has 4 heteroatoms. The Morgan fingerprint density at radius 2 is 2.13 bits per heavy atom. The third-order valence-electron chi connectivity index (χ3n) is 1.94. The van der Waals surface area contributed by atoms with Crippen molar-refractivity contribution in [3.63, 3.8) is 0 Å². The van der Waals surface area contributed by atoms with E-state index in [1.807, 2.05) is 19.1 Å². The first-order valence-electron chi connectivity index (χ1n) is 5.02. The Labute approximate surface area is 90.4 Å². The summed E-state index contributed by atoms with van der Waals surface area (Å²) in [4.78, 5) is 0. The Morgan fingerprint density at radius 3 is 2.80 bits per heavy atom. The first kappa shape index (κ1) is 11.7. The van der Waals surface area contributed by atoms with Gasteiger partial charge in [0.2, 0.25) is 0 Å². The van der Waals surface area contributed by atoms with Gasteiger partial charge in [-0.1, -0.05) is 0 Å². The molecule has 0 spiro atoms. The van der Waals surface area contributed by atoms with Crippen molar-refractivity contribution in [3.8, 4) is 5.75 Å². The quantitative estimate of drug-likeness (QED) is 0.554. The first-order chi connectivity index (χ1) is 7.26. The molecule has 4 nitrogen and oxygen atoms in total. The zero-order valence-corrected chi connectivity index (χ0v) is 9.25. The van der Waals surface area contributed by atoms with Gasteiger partial charge in [0, 0.05) is 36.7 Å². The van der Waals surface area contributed by atoms with E-state index < -0.39 is 0 Å². The fraction of sp³-hybridized carbons (Fsp3) is 0.455. The van der Waals surface area contributed by atoms with E-state index in [2.05, 4.69) is 5.32 Å². The van der Waals surface area contributed by atoms with Crippen molar-refractivity contribution in [3.05, 3.63) is 18.2 Å². The van der Waals surface area contributed by atoms with Gasteiger partial charge in [0.25, 0.3) is 0 Å². The predicted molar refractivity (Wildman–Crippen MR) is 62.4 cm³/mol. The van der Waals surface area contributed by atoms with Crippen molar-refractivity contribution in [1.29, 1.82) is 0 Å². The molecule has 0 unspecified atom stereocenters. The van der Waals surface area contributed by atoms with Crippen LogP contribution in [0, 0.1) is 0 Å². The average molecular weight is 210 g/mol. The number of anilines is 2. The highest BCUT2D eigenvalue weighted by Gasteiger charge is 1.98. The van der Waals surface area contributed by atoms with Crippen molar-refractivity contribution >= 4 is 11.4 Å². The molecule has 0 saturated heterocycles. The van der Waals surface area contributed by atoms with Crippen LogP contribution in [0.2, 0.25) is 0 Å². The summed E-state index contributed by atoms with van der Waals surface area (Å²) in [7, 11) is 1.62. The van der Waals surface area contributed by atoms with Gasteiger partial charge in [0.05, 0.1) is 13.7 Å². The van der Waals surface area contributed by atoms with Crippen molar-refractivity contribution in [2.24, 2.45) is 0 Å². The number of nitrogens with two attached hydrogens (primary N) is 1. The number of nitrogen functional groups attached to an aromatic ring is 1. The summed E-state index contributed by atoms with van der Waals surface area (Å²) in [5, 5.41) is 3.21. The Bertz CT molecular complexity index is 303. The van der Waals surface area contributed by atoms with Crippen LogP contribution >= 0.6 is 0 Å². The van der Waals surface area contributed by atoms with Crippen LogP contribution in [0.4, 0.5) is 11.4 Å². The zero-order valence-electron chi connectivity index (χ0n) is 9.25. The maximum absolute atomic E-state index is 5.71. The van der Waals surface area contributed by atoms with E-state index in [4.69, 9.17) is 15.2 Å². The molecule has 1 aromatic carbocycles. The highest BCUT2D eigenvalue weighted by Crippen LogP contribution is 2.21. The Morgan fingerprint density at radius 1 is 1.33 bits per heavy atom. The second-order valence-electron chi connectivity index (χ2n) is 3.12. The minimum absolute atomic E-state index is 0.688. The molecule has 0 atom stereocenters. The molecule has 0 bridgehead atoms. The van der Waals surface area contributed by atoms with Crippen LogP contribution in [0.15, 0.2) is 18.2 Å². The summed E-state index contributed by atoms with van der Waals surface area (Å²) in [5.41, 5.74) is 7.35. The summed E-state index contributed by atoms with van der Waals surface area (Å²) in [6.45, 7) is 4.17. The number of benzene rings is 1. The highest BCUT2D eigenvalue weighted by molar-refractivity contribution is 5.59. The number of nitrogens with one attached hydrogen (secondary N) is 1. The van der Waals surface area contributed by atoms with Crippen LogP contribution in [0.25, 0.3) is 0 Å². The summed E-state index contributed by atoms with van der Waals surface area (Å²) in [6, 6.07) is 5.56. The van der Waals surface area contributed by atoms with E-state index in [0.29, 0.717) is 12.3 Å². The second kappa shape index (κ2) is 6.14. The molecule has 15 heavy (non-hydrogen) atoms. The van der Waals surface area contributed by atoms with Gasteiger partial charge in [-0.05, 0) is 13.0 Å². The summed E-state index contributed by atoms with van der Waals surface area (Å²) in [6.07, 6.45) is 0. The van der Waals surface area contributed by atoms with Crippen LogP contribution in [0.1, 0.15) is 6.92 Å². The van der Waals surface area contributed by atoms with Gasteiger partial charge in [-0.15, -0.1) is 0 Å². The van der Waals surface area contributed by atoms with Crippen molar-refractivity contribution in [2.45, 2.75) is 6.92 Å². The molecule has 0 amide bonds. The topological polar surface area (TPSA) is 56.5 Å². The van der Waals surface area contributed by atoms with Crippen LogP contribution in [0.5, 0.6) is 5.75 Å². The minimum atomic E-state index is 0.688. The fourth-order valence-corrected chi connectivity index (χ4v) is 1.25. The maximum Gasteiger partial charge on any atom is 0.122 e. The van der Waals surface area contributed by atoms with Gasteiger partial charge in [-0.2, -0.15) is 0 Å². The Kier molecular flexibility index (Phi) is 4.77. The van der Waals surface area contributed by atoms with Crippen LogP contribution < -0.4 is 15.8 Å². The molecule has 84 valence electrons. The van der Waals surface area contributed by atoms with Gasteiger partial charge >= 0.3 is 0 Å². The summed E-state index contributed by atoms with van der Waals surface area (Å²) in [5.74, 6) is 0.758. The second-order valence-corrected chi connectivity index (χ2v) is 3.12. The number of methoxy groups -OCH3 is 1. The molecular formula is C11H18N2O2. The molecule has 0 saturated carbocycles. The average Bonchev–Trinajstić information content (AvgIpc) is 2.23. The smallest absolute Gasteiger partial charge is 0.122 e. The van der Waals surface area contributed by atoms with Gasteiger partial charge in [0.15, 0.2) is 0 Å². The maximum atomic E-state index is 5.71. The molecule has 0 aliphatic rings. The molecule has 1 rings (SSSR count). The van der Waals surface area contributed by atoms with E-state index in [-0.39, 0.29) is 0 Å². The highest BCUT2D eigenvalue weighted by atomic mass is 16.5. The van der Waals surface area contributed by atoms with Gasteiger partial charge < -0.3 is 20.5 Å². The SMILES string of the molecule is CCOCCNc1cc(N)cc(OC)c1. The van der Waals surface area contributed by atoms with E-state index in [1.54, 1.807) is 13.2 Å². The summed E-state index contributed by atoms with van der Waals surface area (Å²) < 4.78 is 10.3. The van der Waals surface area contributed by atoms with Crippen LogP contribution in [-0.4, -0.2) is 26.9 Å². The Balaban J connectivity index is 2.49. The molecule has 0 aliphatic carbocycles. The molecule has 3 N–H and O–H groups in total. The lowest BCUT2D eigenvalue weighted by Gasteiger charge is -2.09. The minimum Gasteiger partial charge on any atom is -0.497 e. The standard InChI is InChI=1S/C11H18N2O2/c1-3-15-5-4-13-10-6-9(12)7-11(8-10)14-2/h6-8,13H,3-5,12H2,1-2H3. The summed E-state index contributed by atoms with van der Waals surface area (Å²) >= 11 is 0. The lowest BCUT2D eigenvalue weighted by atomic mass is 10.2. The lowest BCUT2D eigenvalue weighted by Crippen LogP contribution is -2.09. The fourth-order valence-electron chi connectivity index (χ4n) is 1.25. The van der Waals surface area contributed by atoms with E-state index >= 15 is 0 Å². The normalized spacial score (nSPS) is 10.0. The van der Waals surface area contributed by atoms with Crippen molar-refractivity contribution in [2.75, 3.05) is 37.9 Å². The molecule has 0 fully saturated rings. The lowest BCUT2D eigenvalue weighted by molar-refractivity contribution is 0.158. The number of ether oxygens (including phenoxy) is 2.